The molecule has 2 rings (SSSR count). The third kappa shape index (κ3) is 3.62. The Hall–Kier alpha value is -2.27. The molecule has 2 aromatic rings. The average molecular weight is 345 g/mol. The summed E-state index contributed by atoms with van der Waals surface area (Å²) in [5.74, 6) is 0.651. The van der Waals surface area contributed by atoms with Gasteiger partial charge in [0.1, 0.15) is 5.75 Å². The molecule has 24 heavy (non-hydrogen) atoms. The van der Waals surface area contributed by atoms with E-state index in [0.29, 0.717) is 18.0 Å². The van der Waals surface area contributed by atoms with E-state index in [1.807, 2.05) is 39.0 Å². The molecule has 0 fully saturated rings. The Balaban J connectivity index is 2.49. The van der Waals surface area contributed by atoms with Crippen LogP contribution in [-0.4, -0.2) is 21.6 Å². The quantitative estimate of drug-likeness (QED) is 0.710. The highest BCUT2D eigenvalue weighted by Crippen LogP contribution is 2.29. The largest absolute Gasteiger partial charge is 0.494 e. The van der Waals surface area contributed by atoms with Gasteiger partial charge in [0, 0.05) is 0 Å². The maximum absolute atomic E-state index is 13.1. The van der Waals surface area contributed by atoms with E-state index in [-0.39, 0.29) is 11.4 Å². The normalized spacial score (nSPS) is 11.1. The third-order valence-corrected chi connectivity index (χ3v) is 5.66. The molecule has 0 spiro atoms. The average Bonchev–Trinajstić information content (AvgIpc) is 2.56. The Morgan fingerprint density at radius 1 is 1.12 bits per heavy atom. The third-order valence-electron chi connectivity index (χ3n) is 3.86. The standard InChI is InChI=1S/C19H23NO3S/c1-5-14-20(19-9-7-8-15(3)16(19)4)24(21,22)18-12-10-17(11-13-18)23-6-2/h5,7-13H,1,6,14H2,2-4H3. The summed E-state index contributed by atoms with van der Waals surface area (Å²) in [4.78, 5) is 0.230. The van der Waals surface area contributed by atoms with Gasteiger partial charge in [0.05, 0.1) is 23.7 Å². The Morgan fingerprint density at radius 3 is 2.38 bits per heavy atom. The first-order chi connectivity index (χ1) is 11.4. The Labute approximate surface area is 144 Å². The zero-order chi connectivity index (χ0) is 17.7. The van der Waals surface area contributed by atoms with Crippen molar-refractivity contribution in [2.45, 2.75) is 25.7 Å². The van der Waals surface area contributed by atoms with Crippen molar-refractivity contribution in [2.75, 3.05) is 17.5 Å². The molecule has 0 unspecified atom stereocenters. The second kappa shape index (κ2) is 7.53. The molecule has 0 aromatic heterocycles. The summed E-state index contributed by atoms with van der Waals surface area (Å²) in [6, 6.07) is 12.1. The first-order valence-corrected chi connectivity index (χ1v) is 9.28. The predicted octanol–water partition coefficient (Wildman–Crippen LogP) is 4.08. The molecule has 2 aromatic carbocycles. The van der Waals surface area contributed by atoms with Crippen molar-refractivity contribution in [3.63, 3.8) is 0 Å². The van der Waals surface area contributed by atoms with E-state index in [2.05, 4.69) is 6.58 Å². The van der Waals surface area contributed by atoms with Crippen molar-refractivity contribution < 1.29 is 13.2 Å². The van der Waals surface area contributed by atoms with Crippen molar-refractivity contribution >= 4 is 15.7 Å². The van der Waals surface area contributed by atoms with E-state index in [1.54, 1.807) is 30.3 Å². The summed E-state index contributed by atoms with van der Waals surface area (Å²) in [5, 5.41) is 0. The lowest BCUT2D eigenvalue weighted by Crippen LogP contribution is -2.31. The first-order valence-electron chi connectivity index (χ1n) is 7.84. The topological polar surface area (TPSA) is 46.6 Å². The van der Waals surface area contributed by atoms with Crippen LogP contribution in [0.1, 0.15) is 18.1 Å². The summed E-state index contributed by atoms with van der Waals surface area (Å²) < 4.78 is 32.9. The van der Waals surface area contributed by atoms with Gasteiger partial charge >= 0.3 is 0 Å². The van der Waals surface area contributed by atoms with Gasteiger partial charge in [-0.2, -0.15) is 0 Å². The number of sulfonamides is 1. The Kier molecular flexibility index (Phi) is 5.67. The van der Waals surface area contributed by atoms with Crippen LogP contribution in [0.5, 0.6) is 5.75 Å². The van der Waals surface area contributed by atoms with Crippen molar-refractivity contribution in [3.8, 4) is 5.75 Å². The maximum atomic E-state index is 13.1. The smallest absolute Gasteiger partial charge is 0.264 e. The van der Waals surface area contributed by atoms with Crippen LogP contribution in [0.15, 0.2) is 60.0 Å². The van der Waals surface area contributed by atoms with Crippen LogP contribution >= 0.6 is 0 Å². The number of rotatable bonds is 7. The van der Waals surface area contributed by atoms with Crippen LogP contribution < -0.4 is 9.04 Å². The van der Waals surface area contributed by atoms with Gasteiger partial charge in [-0.1, -0.05) is 18.2 Å². The lowest BCUT2D eigenvalue weighted by molar-refractivity contribution is 0.340. The molecule has 0 aliphatic heterocycles. The van der Waals surface area contributed by atoms with Gasteiger partial charge in [-0.15, -0.1) is 6.58 Å². The molecule has 0 saturated carbocycles. The monoisotopic (exact) mass is 345 g/mol. The second-order valence-electron chi connectivity index (χ2n) is 5.45. The molecular weight excluding hydrogens is 322 g/mol. The summed E-state index contributed by atoms with van der Waals surface area (Å²) in [7, 11) is -3.68. The van der Waals surface area contributed by atoms with Crippen LogP contribution in [0.3, 0.4) is 0 Å². The van der Waals surface area contributed by atoms with Crippen LogP contribution in [0, 0.1) is 13.8 Å². The van der Waals surface area contributed by atoms with Crippen LogP contribution in [0.2, 0.25) is 0 Å². The molecule has 0 aliphatic carbocycles. The van der Waals surface area contributed by atoms with Gasteiger partial charge in [-0.3, -0.25) is 4.31 Å². The van der Waals surface area contributed by atoms with E-state index in [0.717, 1.165) is 11.1 Å². The minimum atomic E-state index is -3.68. The molecule has 0 radical (unpaired) electrons. The number of ether oxygens (including phenoxy) is 1. The van der Waals surface area contributed by atoms with Crippen molar-refractivity contribution in [1.82, 2.24) is 0 Å². The van der Waals surface area contributed by atoms with Crippen LogP contribution in [0.25, 0.3) is 0 Å². The van der Waals surface area contributed by atoms with Crippen LogP contribution in [0.4, 0.5) is 5.69 Å². The first kappa shape index (κ1) is 18.1. The highest BCUT2D eigenvalue weighted by atomic mass is 32.2. The fourth-order valence-electron chi connectivity index (χ4n) is 2.45. The number of nitrogens with zero attached hydrogens (tertiary/aromatic N) is 1. The minimum Gasteiger partial charge on any atom is -0.494 e. The predicted molar refractivity (Wildman–Crippen MR) is 98.3 cm³/mol. The second-order valence-corrected chi connectivity index (χ2v) is 7.31. The molecule has 128 valence electrons. The molecule has 0 atom stereocenters. The summed E-state index contributed by atoms with van der Waals surface area (Å²) in [6.45, 7) is 10.2. The number of hydrogen-bond acceptors (Lipinski definition) is 3. The van der Waals surface area contributed by atoms with E-state index in [1.165, 1.54) is 4.31 Å². The highest BCUT2D eigenvalue weighted by Gasteiger charge is 2.25. The molecule has 0 saturated heterocycles. The zero-order valence-electron chi connectivity index (χ0n) is 14.3. The van der Waals surface area contributed by atoms with Crippen molar-refractivity contribution in [2.24, 2.45) is 0 Å². The molecule has 0 aliphatic rings. The SMILES string of the molecule is C=CCN(c1cccc(C)c1C)S(=O)(=O)c1ccc(OCC)cc1. The summed E-state index contributed by atoms with van der Waals surface area (Å²) in [5.41, 5.74) is 2.65. The maximum Gasteiger partial charge on any atom is 0.264 e. The molecule has 4 nitrogen and oxygen atoms in total. The minimum absolute atomic E-state index is 0.208. The van der Waals surface area contributed by atoms with E-state index >= 15 is 0 Å². The molecule has 0 bridgehead atoms. The lowest BCUT2D eigenvalue weighted by Gasteiger charge is -2.25. The number of benzene rings is 2. The number of aryl methyl sites for hydroxylation is 1. The van der Waals surface area contributed by atoms with Crippen LogP contribution in [-0.2, 0) is 10.0 Å². The van der Waals surface area contributed by atoms with Gasteiger partial charge in [0.25, 0.3) is 10.0 Å². The molecular formula is C19H23NO3S. The van der Waals surface area contributed by atoms with Gasteiger partial charge in [-0.25, -0.2) is 8.42 Å². The highest BCUT2D eigenvalue weighted by molar-refractivity contribution is 7.92. The van der Waals surface area contributed by atoms with E-state index < -0.39 is 10.0 Å². The molecule has 5 heteroatoms. The lowest BCUT2D eigenvalue weighted by atomic mass is 10.1. The van der Waals surface area contributed by atoms with E-state index in [9.17, 15) is 8.42 Å². The van der Waals surface area contributed by atoms with Crippen molar-refractivity contribution in [1.29, 1.82) is 0 Å². The summed E-state index contributed by atoms with van der Waals surface area (Å²) >= 11 is 0. The Bertz CT molecular complexity index is 811. The number of hydrogen-bond donors (Lipinski definition) is 0. The zero-order valence-corrected chi connectivity index (χ0v) is 15.1. The van der Waals surface area contributed by atoms with Gasteiger partial charge in [0.15, 0.2) is 0 Å². The molecule has 0 N–H and O–H groups in total. The molecule has 0 heterocycles. The van der Waals surface area contributed by atoms with E-state index in [4.69, 9.17) is 4.74 Å². The number of anilines is 1. The van der Waals surface area contributed by atoms with Gasteiger partial charge in [-0.05, 0) is 62.2 Å². The van der Waals surface area contributed by atoms with Gasteiger partial charge < -0.3 is 4.74 Å². The fraction of sp³-hybridized carbons (Fsp3) is 0.263. The fourth-order valence-corrected chi connectivity index (χ4v) is 3.94. The Morgan fingerprint density at radius 2 is 1.79 bits per heavy atom. The van der Waals surface area contributed by atoms with Crippen molar-refractivity contribution in [3.05, 3.63) is 66.2 Å². The summed E-state index contributed by atoms with van der Waals surface area (Å²) in [6.07, 6.45) is 1.59. The van der Waals surface area contributed by atoms with Gasteiger partial charge in [0.2, 0.25) is 0 Å². The molecule has 0 amide bonds.